The van der Waals surface area contributed by atoms with E-state index in [-0.39, 0.29) is 23.4 Å². The number of hydrogen-bond donors (Lipinski definition) is 1. The highest BCUT2D eigenvalue weighted by atomic mass is 16.5. The molecule has 6 atom stereocenters. The maximum atomic E-state index is 11.9. The van der Waals surface area contributed by atoms with Gasteiger partial charge in [-0.1, -0.05) is 39.0 Å². The van der Waals surface area contributed by atoms with Crippen LogP contribution in [0.4, 0.5) is 0 Å². The van der Waals surface area contributed by atoms with Crippen LogP contribution in [0.2, 0.25) is 0 Å². The van der Waals surface area contributed by atoms with Crippen molar-refractivity contribution < 1.29 is 14.6 Å². The van der Waals surface area contributed by atoms with Gasteiger partial charge in [0.05, 0.1) is 12.7 Å². The molecule has 1 heterocycles. The summed E-state index contributed by atoms with van der Waals surface area (Å²) in [4.78, 5) is 11.9. The van der Waals surface area contributed by atoms with E-state index in [0.29, 0.717) is 24.4 Å². The number of allylic oxidation sites excluding steroid dienone is 2. The number of aliphatic hydroxyl groups excluding tert-OH is 1. The molecule has 2 saturated carbocycles. The summed E-state index contributed by atoms with van der Waals surface area (Å²) in [6, 6.07) is 0. The number of hydrogen-bond acceptors (Lipinski definition) is 3. The average Bonchev–Trinajstić information content (AvgIpc) is 2.82. The molecule has 1 unspecified atom stereocenters. The van der Waals surface area contributed by atoms with Gasteiger partial charge in [0.1, 0.15) is 0 Å². The summed E-state index contributed by atoms with van der Waals surface area (Å²) in [7, 11) is 0. The Bertz CT molecular complexity index is 535. The fourth-order valence-corrected chi connectivity index (χ4v) is 5.32. The van der Waals surface area contributed by atoms with Crippen LogP contribution in [0, 0.1) is 29.1 Å². The first-order chi connectivity index (χ1) is 10.8. The highest BCUT2D eigenvalue weighted by molar-refractivity contribution is 5.90. The van der Waals surface area contributed by atoms with E-state index in [1.165, 1.54) is 5.57 Å². The van der Waals surface area contributed by atoms with E-state index in [1.807, 2.05) is 0 Å². The lowest BCUT2D eigenvalue weighted by Gasteiger charge is -2.55. The van der Waals surface area contributed by atoms with Crippen LogP contribution in [-0.2, 0) is 9.53 Å². The van der Waals surface area contributed by atoms with Crippen molar-refractivity contribution in [2.75, 3.05) is 6.61 Å². The largest absolute Gasteiger partial charge is 0.462 e. The highest BCUT2D eigenvalue weighted by Gasteiger charge is 2.50. The van der Waals surface area contributed by atoms with E-state index in [2.05, 4.69) is 33.4 Å². The summed E-state index contributed by atoms with van der Waals surface area (Å²) < 4.78 is 5.14. The quantitative estimate of drug-likeness (QED) is 0.477. The minimum absolute atomic E-state index is 0.145. The zero-order chi connectivity index (χ0) is 16.8. The topological polar surface area (TPSA) is 46.5 Å². The van der Waals surface area contributed by atoms with Gasteiger partial charge in [0.2, 0.25) is 0 Å². The van der Waals surface area contributed by atoms with Crippen molar-refractivity contribution in [2.24, 2.45) is 29.1 Å². The Kier molecular flexibility index (Phi) is 4.43. The smallest absolute Gasteiger partial charge is 0.334 e. The minimum atomic E-state index is -0.164. The zero-order valence-corrected chi connectivity index (χ0v) is 14.7. The molecule has 128 valence electrons. The number of aliphatic hydroxyl groups is 1. The van der Waals surface area contributed by atoms with Gasteiger partial charge in [0.15, 0.2) is 0 Å². The zero-order valence-electron chi connectivity index (χ0n) is 14.7. The molecule has 0 spiro atoms. The van der Waals surface area contributed by atoms with Gasteiger partial charge in [-0.15, -0.1) is 0 Å². The third kappa shape index (κ3) is 2.77. The van der Waals surface area contributed by atoms with Gasteiger partial charge < -0.3 is 9.84 Å². The number of carbonyl (C=O) groups excluding carboxylic acids is 1. The Labute approximate surface area is 139 Å². The Morgan fingerprint density at radius 3 is 2.78 bits per heavy atom. The molecule has 0 radical (unpaired) electrons. The first kappa shape index (κ1) is 16.8. The van der Waals surface area contributed by atoms with Crippen LogP contribution in [0.1, 0.15) is 52.9 Å². The fraction of sp³-hybridized carbons (Fsp3) is 0.750. The third-order valence-corrected chi connectivity index (χ3v) is 6.94. The average molecular weight is 318 g/mol. The first-order valence-corrected chi connectivity index (χ1v) is 9.07. The van der Waals surface area contributed by atoms with Crippen LogP contribution in [0.3, 0.4) is 0 Å². The predicted molar refractivity (Wildman–Crippen MR) is 90.7 cm³/mol. The number of rotatable bonds is 2. The van der Waals surface area contributed by atoms with Gasteiger partial charge in [-0.25, -0.2) is 4.79 Å². The molecule has 1 aliphatic heterocycles. The number of fused-ring (bicyclic) bond motifs is 1. The summed E-state index contributed by atoms with van der Waals surface area (Å²) in [6.07, 6.45) is 6.94. The molecule has 3 nitrogen and oxygen atoms in total. The Morgan fingerprint density at radius 2 is 2.13 bits per heavy atom. The lowest BCUT2D eigenvalue weighted by molar-refractivity contribution is -0.135. The van der Waals surface area contributed by atoms with Gasteiger partial charge in [-0.3, -0.25) is 0 Å². The van der Waals surface area contributed by atoms with Crippen LogP contribution >= 0.6 is 0 Å². The molecule has 0 aromatic heterocycles. The molecule has 0 aromatic rings. The van der Waals surface area contributed by atoms with Crippen molar-refractivity contribution in [3.63, 3.8) is 0 Å². The first-order valence-electron chi connectivity index (χ1n) is 9.07. The van der Waals surface area contributed by atoms with Crippen LogP contribution < -0.4 is 0 Å². The number of carbonyl (C=O) groups is 1. The van der Waals surface area contributed by atoms with E-state index < -0.39 is 0 Å². The summed E-state index contributed by atoms with van der Waals surface area (Å²) in [6.45, 7) is 11.5. The van der Waals surface area contributed by atoms with Crippen molar-refractivity contribution >= 4 is 5.97 Å². The highest BCUT2D eigenvalue weighted by Crippen LogP contribution is 2.57. The summed E-state index contributed by atoms with van der Waals surface area (Å²) >= 11 is 0. The predicted octanol–water partition coefficient (Wildman–Crippen LogP) is 3.88. The molecule has 3 fully saturated rings. The Morgan fingerprint density at radius 1 is 1.39 bits per heavy atom. The minimum Gasteiger partial charge on any atom is -0.462 e. The van der Waals surface area contributed by atoms with Gasteiger partial charge in [-0.2, -0.15) is 0 Å². The fourth-order valence-electron chi connectivity index (χ4n) is 5.32. The van der Waals surface area contributed by atoms with E-state index in [0.717, 1.165) is 37.7 Å². The van der Waals surface area contributed by atoms with Crippen LogP contribution in [0.15, 0.2) is 23.8 Å². The Balaban J connectivity index is 1.83. The molecule has 2 aliphatic carbocycles. The molecule has 0 amide bonds. The van der Waals surface area contributed by atoms with Gasteiger partial charge >= 0.3 is 5.97 Å². The molecular formula is C20H30O3. The number of cyclic esters (lactones) is 1. The van der Waals surface area contributed by atoms with Crippen LogP contribution in [0.25, 0.3) is 0 Å². The number of esters is 1. The molecule has 3 heteroatoms. The van der Waals surface area contributed by atoms with Crippen molar-refractivity contribution in [1.82, 2.24) is 0 Å². The van der Waals surface area contributed by atoms with Crippen LogP contribution in [-0.4, -0.2) is 23.8 Å². The summed E-state index contributed by atoms with van der Waals surface area (Å²) in [5.74, 6) is 1.37. The summed E-state index contributed by atoms with van der Waals surface area (Å²) in [5.41, 5.74) is 2.35. The second-order valence-corrected chi connectivity index (χ2v) is 8.22. The van der Waals surface area contributed by atoms with E-state index in [4.69, 9.17) is 4.74 Å². The monoisotopic (exact) mass is 318 g/mol. The standard InChI is InChI=1S/C20H30O3/c1-12-5-7-17-14(3)18(21)9-10-20(17,4)16(12)8-6-15-13(2)11-23-19(15)22/h6,13-14,16-18,21H,1,5,7-11H2,2-4H3/b15-6+/t13-,14-,16-,17-,18?,20+/m1/s1. The van der Waals surface area contributed by atoms with E-state index >= 15 is 0 Å². The Hall–Kier alpha value is -1.09. The summed E-state index contributed by atoms with van der Waals surface area (Å²) in [5, 5.41) is 10.3. The third-order valence-electron chi connectivity index (χ3n) is 6.94. The number of ether oxygens (including phenoxy) is 1. The molecule has 0 aromatic carbocycles. The maximum Gasteiger partial charge on any atom is 0.334 e. The van der Waals surface area contributed by atoms with Gasteiger partial charge in [0, 0.05) is 11.5 Å². The second kappa shape index (κ2) is 6.08. The SMILES string of the molecule is C=C1CC[C@@H]2[C@@H](C)C(O)CC[C@@]2(C)[C@@H]1C/C=C1/C(=O)OC[C@H]1C. The van der Waals surface area contributed by atoms with Crippen molar-refractivity contribution in [2.45, 2.75) is 59.0 Å². The molecular weight excluding hydrogens is 288 g/mol. The van der Waals surface area contributed by atoms with E-state index in [9.17, 15) is 9.90 Å². The van der Waals surface area contributed by atoms with Crippen molar-refractivity contribution in [1.29, 1.82) is 0 Å². The van der Waals surface area contributed by atoms with E-state index in [1.54, 1.807) is 0 Å². The molecule has 1 saturated heterocycles. The normalized spacial score (nSPS) is 45.9. The lowest BCUT2D eigenvalue weighted by Crippen LogP contribution is -2.49. The van der Waals surface area contributed by atoms with Crippen LogP contribution in [0.5, 0.6) is 0 Å². The molecule has 3 aliphatic rings. The maximum absolute atomic E-state index is 11.9. The molecule has 3 rings (SSSR count). The van der Waals surface area contributed by atoms with Gasteiger partial charge in [-0.05, 0) is 55.3 Å². The van der Waals surface area contributed by atoms with Gasteiger partial charge in [0.25, 0.3) is 0 Å². The molecule has 23 heavy (non-hydrogen) atoms. The lowest BCUT2D eigenvalue weighted by atomic mass is 9.50. The molecule has 0 bridgehead atoms. The second-order valence-electron chi connectivity index (χ2n) is 8.22. The van der Waals surface area contributed by atoms with Crippen molar-refractivity contribution in [3.8, 4) is 0 Å². The van der Waals surface area contributed by atoms with Crippen molar-refractivity contribution in [3.05, 3.63) is 23.8 Å². The molecule has 1 N–H and O–H groups in total.